The Labute approximate surface area is 106 Å². The van der Waals surface area contributed by atoms with E-state index in [9.17, 15) is 8.78 Å². The van der Waals surface area contributed by atoms with Crippen molar-refractivity contribution in [1.82, 2.24) is 14.7 Å². The highest BCUT2D eigenvalue weighted by Crippen LogP contribution is 2.17. The van der Waals surface area contributed by atoms with Crippen LogP contribution in [0.1, 0.15) is 17.7 Å². The van der Waals surface area contributed by atoms with Crippen molar-refractivity contribution in [2.45, 2.75) is 25.8 Å². The highest BCUT2D eigenvalue weighted by Gasteiger charge is 2.17. The van der Waals surface area contributed by atoms with Crippen LogP contribution < -0.4 is 0 Å². The van der Waals surface area contributed by atoms with Gasteiger partial charge in [-0.1, -0.05) is 0 Å². The summed E-state index contributed by atoms with van der Waals surface area (Å²) in [4.78, 5) is 2.24. The molecule has 1 aliphatic heterocycles. The Bertz CT molecular complexity index is 381. The van der Waals surface area contributed by atoms with E-state index in [1.54, 1.807) is 0 Å². The van der Waals surface area contributed by atoms with Crippen molar-refractivity contribution in [3.63, 3.8) is 0 Å². The lowest BCUT2D eigenvalue weighted by Gasteiger charge is -2.19. The Balaban J connectivity index is 1.81. The van der Waals surface area contributed by atoms with Gasteiger partial charge in [0.1, 0.15) is 6.61 Å². The average molecular weight is 259 g/mol. The fourth-order valence-electron chi connectivity index (χ4n) is 2.31. The van der Waals surface area contributed by atoms with Gasteiger partial charge in [0.25, 0.3) is 6.43 Å². The van der Waals surface area contributed by atoms with E-state index in [4.69, 9.17) is 4.74 Å². The third kappa shape index (κ3) is 3.49. The molecule has 1 aliphatic rings. The van der Waals surface area contributed by atoms with E-state index in [0.29, 0.717) is 13.2 Å². The number of nitrogens with zero attached hydrogens (tertiary/aromatic N) is 3. The van der Waals surface area contributed by atoms with Gasteiger partial charge in [-0.05, 0) is 19.4 Å². The monoisotopic (exact) mass is 259 g/mol. The maximum atomic E-state index is 11.9. The molecule has 18 heavy (non-hydrogen) atoms. The Hall–Kier alpha value is -1.01. The summed E-state index contributed by atoms with van der Waals surface area (Å²) in [5, 5.41) is 4.25. The van der Waals surface area contributed by atoms with Gasteiger partial charge in [-0.3, -0.25) is 9.58 Å². The van der Waals surface area contributed by atoms with Crippen LogP contribution in [0.2, 0.25) is 0 Å². The smallest absolute Gasteiger partial charge is 0.261 e. The second kappa shape index (κ2) is 6.24. The molecule has 0 fully saturated rings. The molecule has 0 radical (unpaired) electrons. The standard InChI is InChI=1S/C12H19F2N3O/c1-16-11-3-2-4-17(8-10(11)7-15-16)5-6-18-9-12(13)14/h7,12H,2-6,8-9H2,1H3. The largest absolute Gasteiger partial charge is 0.374 e. The van der Waals surface area contributed by atoms with Crippen molar-refractivity contribution in [3.05, 3.63) is 17.5 Å². The van der Waals surface area contributed by atoms with Crippen molar-refractivity contribution >= 4 is 0 Å². The third-order valence-corrected chi connectivity index (χ3v) is 3.23. The van der Waals surface area contributed by atoms with Gasteiger partial charge in [0.05, 0.1) is 12.8 Å². The van der Waals surface area contributed by atoms with Crippen LogP contribution in [0.5, 0.6) is 0 Å². The third-order valence-electron chi connectivity index (χ3n) is 3.23. The number of ether oxygens (including phenoxy) is 1. The Morgan fingerprint density at radius 3 is 3.11 bits per heavy atom. The van der Waals surface area contributed by atoms with E-state index < -0.39 is 13.0 Å². The summed E-state index contributed by atoms with van der Waals surface area (Å²) in [5.41, 5.74) is 2.52. The maximum Gasteiger partial charge on any atom is 0.261 e. The first kappa shape index (κ1) is 13.4. The number of hydrogen-bond acceptors (Lipinski definition) is 3. The van der Waals surface area contributed by atoms with Crippen molar-refractivity contribution in [2.24, 2.45) is 7.05 Å². The minimum absolute atomic E-state index is 0.361. The number of fused-ring (bicyclic) bond motifs is 1. The van der Waals surface area contributed by atoms with Crippen LogP contribution in [-0.4, -0.2) is 47.4 Å². The highest BCUT2D eigenvalue weighted by atomic mass is 19.3. The van der Waals surface area contributed by atoms with Gasteiger partial charge in [-0.25, -0.2) is 8.78 Å². The van der Waals surface area contributed by atoms with E-state index in [2.05, 4.69) is 10.00 Å². The van der Waals surface area contributed by atoms with Gasteiger partial charge in [0.2, 0.25) is 0 Å². The van der Waals surface area contributed by atoms with Crippen LogP contribution in [0.15, 0.2) is 6.20 Å². The molecule has 1 aromatic heterocycles. The van der Waals surface area contributed by atoms with Crippen molar-refractivity contribution < 1.29 is 13.5 Å². The summed E-state index contributed by atoms with van der Waals surface area (Å²) in [5.74, 6) is 0. The molecule has 0 aromatic carbocycles. The lowest BCUT2D eigenvalue weighted by Crippen LogP contribution is -2.27. The summed E-state index contributed by atoms with van der Waals surface area (Å²) in [6, 6.07) is 0. The van der Waals surface area contributed by atoms with Gasteiger partial charge in [0.15, 0.2) is 0 Å². The summed E-state index contributed by atoms with van der Waals surface area (Å²) in [6.07, 6.45) is 1.62. The molecule has 6 heteroatoms. The predicted molar refractivity (Wildman–Crippen MR) is 63.6 cm³/mol. The summed E-state index contributed by atoms with van der Waals surface area (Å²) < 4.78 is 30.7. The first-order chi connectivity index (χ1) is 8.66. The lowest BCUT2D eigenvalue weighted by molar-refractivity contribution is 0.00921. The van der Waals surface area contributed by atoms with Crippen molar-refractivity contribution in [3.8, 4) is 0 Å². The van der Waals surface area contributed by atoms with Gasteiger partial charge in [0, 0.05) is 31.4 Å². The zero-order valence-corrected chi connectivity index (χ0v) is 10.6. The van der Waals surface area contributed by atoms with E-state index in [1.807, 2.05) is 17.9 Å². The van der Waals surface area contributed by atoms with Crippen LogP contribution in [0, 0.1) is 0 Å². The molecule has 0 aliphatic carbocycles. The van der Waals surface area contributed by atoms with Gasteiger partial charge >= 0.3 is 0 Å². The van der Waals surface area contributed by atoms with E-state index >= 15 is 0 Å². The molecule has 102 valence electrons. The highest BCUT2D eigenvalue weighted by molar-refractivity contribution is 5.18. The molecule has 2 heterocycles. The Morgan fingerprint density at radius 2 is 2.33 bits per heavy atom. The Kier molecular flexibility index (Phi) is 4.66. The fourth-order valence-corrected chi connectivity index (χ4v) is 2.31. The van der Waals surface area contributed by atoms with Crippen LogP contribution in [0.3, 0.4) is 0 Å². The van der Waals surface area contributed by atoms with Gasteiger partial charge in [-0.2, -0.15) is 5.10 Å². The van der Waals surface area contributed by atoms with Crippen LogP contribution >= 0.6 is 0 Å². The topological polar surface area (TPSA) is 30.3 Å². The van der Waals surface area contributed by atoms with E-state index in [0.717, 1.165) is 25.9 Å². The number of aromatic nitrogens is 2. The van der Waals surface area contributed by atoms with Crippen LogP contribution in [0.4, 0.5) is 8.78 Å². The van der Waals surface area contributed by atoms with E-state index in [1.165, 1.54) is 11.3 Å². The fraction of sp³-hybridized carbons (Fsp3) is 0.750. The molecule has 0 atom stereocenters. The summed E-state index contributed by atoms with van der Waals surface area (Å²) in [6.45, 7) is 2.40. The minimum Gasteiger partial charge on any atom is -0.374 e. The molecule has 0 saturated carbocycles. The first-order valence-electron chi connectivity index (χ1n) is 6.25. The minimum atomic E-state index is -2.38. The van der Waals surface area contributed by atoms with Gasteiger partial charge < -0.3 is 4.74 Å². The predicted octanol–water partition coefficient (Wildman–Crippen LogP) is 1.45. The second-order valence-electron chi connectivity index (χ2n) is 4.59. The molecule has 0 saturated heterocycles. The molecule has 4 nitrogen and oxygen atoms in total. The molecule has 0 bridgehead atoms. The van der Waals surface area contributed by atoms with Crippen molar-refractivity contribution in [2.75, 3.05) is 26.3 Å². The number of halogens is 2. The SMILES string of the molecule is Cn1ncc2c1CCCN(CCOCC(F)F)C2. The molecule has 0 N–H and O–H groups in total. The van der Waals surface area contributed by atoms with Gasteiger partial charge in [-0.15, -0.1) is 0 Å². The summed E-state index contributed by atoms with van der Waals surface area (Å²) in [7, 11) is 1.96. The molecular weight excluding hydrogens is 240 g/mol. The normalized spacial score (nSPS) is 16.9. The molecule has 2 rings (SSSR count). The molecule has 0 amide bonds. The van der Waals surface area contributed by atoms with E-state index in [-0.39, 0.29) is 0 Å². The molecular formula is C12H19F2N3O. The number of alkyl halides is 2. The zero-order chi connectivity index (χ0) is 13.0. The lowest BCUT2D eigenvalue weighted by atomic mass is 10.2. The van der Waals surface area contributed by atoms with Crippen LogP contribution in [-0.2, 0) is 24.8 Å². The quantitative estimate of drug-likeness (QED) is 0.750. The number of hydrogen-bond donors (Lipinski definition) is 0. The second-order valence-corrected chi connectivity index (χ2v) is 4.59. The zero-order valence-electron chi connectivity index (χ0n) is 10.6. The Morgan fingerprint density at radius 1 is 1.50 bits per heavy atom. The van der Waals surface area contributed by atoms with Crippen LogP contribution in [0.25, 0.3) is 0 Å². The number of aryl methyl sites for hydroxylation is 1. The number of rotatable bonds is 5. The summed E-state index contributed by atoms with van der Waals surface area (Å²) >= 11 is 0. The molecule has 0 spiro atoms. The average Bonchev–Trinajstić information content (AvgIpc) is 2.57. The molecule has 1 aromatic rings. The first-order valence-corrected chi connectivity index (χ1v) is 6.25. The van der Waals surface area contributed by atoms with Crippen molar-refractivity contribution in [1.29, 1.82) is 0 Å². The maximum absolute atomic E-state index is 11.9. The molecule has 0 unspecified atom stereocenters.